The molecular weight excluding hydrogens is 234 g/mol. The van der Waals surface area contributed by atoms with Gasteiger partial charge in [-0.2, -0.15) is 0 Å². The van der Waals surface area contributed by atoms with Crippen molar-refractivity contribution in [3.05, 3.63) is 0 Å². The van der Waals surface area contributed by atoms with Crippen LogP contribution in [-0.2, 0) is 19.6 Å². The van der Waals surface area contributed by atoms with Crippen molar-refractivity contribution in [3.8, 4) is 0 Å². The third-order valence-corrected chi connectivity index (χ3v) is 5.49. The molecule has 2 aliphatic rings. The number of rotatable bonds is 2. The molecule has 0 aromatic heterocycles. The largest absolute Gasteiger partial charge is 0.480 e. The van der Waals surface area contributed by atoms with E-state index in [1.54, 1.807) is 0 Å². The number of carboxylic acid groups (broad SMARTS) is 1. The van der Waals surface area contributed by atoms with Gasteiger partial charge in [0.25, 0.3) is 0 Å². The average molecular weight is 247 g/mol. The average Bonchev–Trinajstić information content (AvgIpc) is 2.41. The molecule has 0 aromatic rings. The molecule has 2 rings (SSSR count). The van der Waals surface area contributed by atoms with Crippen molar-refractivity contribution < 1.29 is 23.1 Å². The lowest BCUT2D eigenvalue weighted by Gasteiger charge is -2.20. The van der Waals surface area contributed by atoms with Gasteiger partial charge in [-0.3, -0.25) is 9.59 Å². The van der Waals surface area contributed by atoms with Crippen LogP contribution < -0.4 is 0 Å². The maximum absolute atomic E-state index is 11.9. The van der Waals surface area contributed by atoms with Crippen LogP contribution in [0, 0.1) is 5.92 Å². The van der Waals surface area contributed by atoms with Gasteiger partial charge in [-0.15, -0.1) is 0 Å². The quantitative estimate of drug-likeness (QED) is 0.729. The molecule has 90 valence electrons. The maximum atomic E-state index is 11.9. The number of hydrogen-bond acceptors (Lipinski definition) is 4. The van der Waals surface area contributed by atoms with Crippen molar-refractivity contribution in [1.82, 2.24) is 4.31 Å². The van der Waals surface area contributed by atoms with Crippen molar-refractivity contribution in [2.45, 2.75) is 30.9 Å². The van der Waals surface area contributed by atoms with Crippen molar-refractivity contribution in [2.24, 2.45) is 5.92 Å². The first-order chi connectivity index (χ1) is 7.44. The fourth-order valence-corrected chi connectivity index (χ4v) is 4.64. The summed E-state index contributed by atoms with van der Waals surface area (Å²) in [6.45, 7) is -0.742. The number of hydrogen-bond donors (Lipinski definition) is 1. The lowest BCUT2D eigenvalue weighted by atomic mass is 9.88. The Labute approximate surface area is 93.3 Å². The zero-order valence-electron chi connectivity index (χ0n) is 8.63. The molecule has 1 amide bonds. The summed E-state index contributed by atoms with van der Waals surface area (Å²) in [5.41, 5.74) is 0. The highest BCUT2D eigenvalue weighted by Gasteiger charge is 2.53. The number of amides is 1. The van der Waals surface area contributed by atoms with E-state index in [2.05, 4.69) is 0 Å². The van der Waals surface area contributed by atoms with E-state index in [-0.39, 0.29) is 0 Å². The van der Waals surface area contributed by atoms with E-state index in [4.69, 9.17) is 5.11 Å². The first kappa shape index (κ1) is 11.4. The van der Waals surface area contributed by atoms with Crippen LogP contribution in [-0.4, -0.2) is 41.5 Å². The smallest absolute Gasteiger partial charge is 0.324 e. The predicted octanol–water partition coefficient (Wildman–Crippen LogP) is -0.198. The summed E-state index contributed by atoms with van der Waals surface area (Å²) in [7, 11) is -3.73. The molecule has 2 atom stereocenters. The second-order valence-electron chi connectivity index (χ2n) is 4.21. The van der Waals surface area contributed by atoms with Gasteiger partial charge >= 0.3 is 5.97 Å². The van der Waals surface area contributed by atoms with E-state index in [1.165, 1.54) is 0 Å². The number of carbonyl (C=O) groups excluding carboxylic acids is 1. The molecular formula is C9H13NO5S. The molecule has 16 heavy (non-hydrogen) atoms. The van der Waals surface area contributed by atoms with Gasteiger partial charge in [0.15, 0.2) is 0 Å². The van der Waals surface area contributed by atoms with Crippen molar-refractivity contribution >= 4 is 21.9 Å². The number of sulfonamides is 1. The zero-order valence-corrected chi connectivity index (χ0v) is 9.44. The van der Waals surface area contributed by atoms with Gasteiger partial charge in [0.1, 0.15) is 6.54 Å². The van der Waals surface area contributed by atoms with Crippen LogP contribution in [0.4, 0.5) is 0 Å². The second kappa shape index (κ2) is 3.73. The molecule has 1 saturated carbocycles. The van der Waals surface area contributed by atoms with Gasteiger partial charge in [-0.05, 0) is 12.8 Å². The van der Waals surface area contributed by atoms with Crippen LogP contribution in [0.1, 0.15) is 25.7 Å². The van der Waals surface area contributed by atoms with Gasteiger partial charge < -0.3 is 5.11 Å². The number of nitrogens with zero attached hydrogens (tertiary/aromatic N) is 1. The van der Waals surface area contributed by atoms with Crippen molar-refractivity contribution in [3.63, 3.8) is 0 Å². The van der Waals surface area contributed by atoms with E-state index >= 15 is 0 Å². The first-order valence-electron chi connectivity index (χ1n) is 5.22. The number of fused-ring (bicyclic) bond motifs is 1. The Balaban J connectivity index is 2.33. The van der Waals surface area contributed by atoms with E-state index in [0.717, 1.165) is 12.8 Å². The third kappa shape index (κ3) is 1.59. The Morgan fingerprint density at radius 3 is 2.56 bits per heavy atom. The number of carboxylic acids is 1. The van der Waals surface area contributed by atoms with Crippen LogP contribution in [0.5, 0.6) is 0 Å². The highest BCUT2D eigenvalue weighted by atomic mass is 32.2. The summed E-state index contributed by atoms with van der Waals surface area (Å²) in [6, 6.07) is 0. The molecule has 1 N–H and O–H groups in total. The van der Waals surface area contributed by atoms with E-state index in [1.807, 2.05) is 0 Å². The van der Waals surface area contributed by atoms with Gasteiger partial charge in [0.2, 0.25) is 15.9 Å². The van der Waals surface area contributed by atoms with Gasteiger partial charge in [0, 0.05) is 0 Å². The number of carbonyl (C=O) groups is 2. The first-order valence-corrected chi connectivity index (χ1v) is 6.72. The monoisotopic (exact) mass is 247 g/mol. The van der Waals surface area contributed by atoms with Crippen LogP contribution in [0.25, 0.3) is 0 Å². The van der Waals surface area contributed by atoms with Crippen LogP contribution in [0.2, 0.25) is 0 Å². The minimum atomic E-state index is -3.73. The Hall–Kier alpha value is -1.11. The minimum absolute atomic E-state index is 0.467. The van der Waals surface area contributed by atoms with Gasteiger partial charge in [-0.1, -0.05) is 12.8 Å². The fourth-order valence-electron chi connectivity index (χ4n) is 2.50. The molecule has 0 unspecified atom stereocenters. The SMILES string of the molecule is O=C(O)CN1C(=O)[C@@H]2CCCC[C@@H]2S1(=O)=O. The zero-order chi connectivity index (χ0) is 11.9. The standard InChI is InChI=1S/C9H13NO5S/c11-8(12)5-10-9(13)6-3-1-2-4-7(6)16(10,14)15/h6-7H,1-5H2,(H,11,12)/t6-,7+/m1/s1. The van der Waals surface area contributed by atoms with Crippen LogP contribution in [0.3, 0.4) is 0 Å². The second-order valence-corrected chi connectivity index (χ2v) is 6.29. The maximum Gasteiger partial charge on any atom is 0.324 e. The highest BCUT2D eigenvalue weighted by molar-refractivity contribution is 7.90. The molecule has 1 aliphatic heterocycles. The Bertz CT molecular complexity index is 429. The molecule has 1 aliphatic carbocycles. The minimum Gasteiger partial charge on any atom is -0.480 e. The Kier molecular flexibility index (Phi) is 2.65. The van der Waals surface area contributed by atoms with Gasteiger partial charge in [-0.25, -0.2) is 12.7 Å². The van der Waals surface area contributed by atoms with E-state index in [9.17, 15) is 18.0 Å². The van der Waals surface area contributed by atoms with Crippen LogP contribution >= 0.6 is 0 Å². The molecule has 1 heterocycles. The summed E-state index contributed by atoms with van der Waals surface area (Å²) >= 11 is 0. The molecule has 1 saturated heterocycles. The summed E-state index contributed by atoms with van der Waals surface area (Å²) in [5, 5.41) is 7.91. The Morgan fingerprint density at radius 2 is 2.00 bits per heavy atom. The molecule has 0 spiro atoms. The highest BCUT2D eigenvalue weighted by Crippen LogP contribution is 2.38. The van der Waals surface area contributed by atoms with E-state index in [0.29, 0.717) is 17.1 Å². The molecule has 0 radical (unpaired) electrons. The van der Waals surface area contributed by atoms with Crippen molar-refractivity contribution in [1.29, 1.82) is 0 Å². The van der Waals surface area contributed by atoms with Crippen molar-refractivity contribution in [2.75, 3.05) is 6.54 Å². The summed E-state index contributed by atoms with van der Waals surface area (Å²) < 4.78 is 24.4. The fraction of sp³-hybridized carbons (Fsp3) is 0.778. The molecule has 7 heteroatoms. The Morgan fingerprint density at radius 1 is 1.38 bits per heavy atom. The summed E-state index contributed by atoms with van der Waals surface area (Å²) in [4.78, 5) is 22.3. The molecule has 0 bridgehead atoms. The van der Waals surface area contributed by atoms with E-state index < -0.39 is 39.6 Å². The summed E-state index contributed by atoms with van der Waals surface area (Å²) in [6.07, 6.45) is 2.64. The molecule has 2 fully saturated rings. The molecule has 0 aromatic carbocycles. The van der Waals surface area contributed by atoms with Gasteiger partial charge in [0.05, 0.1) is 11.2 Å². The van der Waals surface area contributed by atoms with Crippen LogP contribution in [0.15, 0.2) is 0 Å². The lowest BCUT2D eigenvalue weighted by Crippen LogP contribution is -2.36. The topological polar surface area (TPSA) is 91.8 Å². The number of aliphatic carboxylic acids is 1. The third-order valence-electron chi connectivity index (χ3n) is 3.23. The summed E-state index contributed by atoms with van der Waals surface area (Å²) in [5.74, 6) is -2.35. The predicted molar refractivity (Wildman–Crippen MR) is 54.0 cm³/mol. The normalized spacial score (nSPS) is 32.5. The molecule has 6 nitrogen and oxygen atoms in total. The lowest BCUT2D eigenvalue weighted by molar-refractivity contribution is -0.141.